The number of aromatic amines is 1. The monoisotopic (exact) mass is 290 g/mol. The predicted octanol–water partition coefficient (Wildman–Crippen LogP) is 3.39. The Morgan fingerprint density at radius 2 is 2.52 bits per heavy atom. The summed E-state index contributed by atoms with van der Waals surface area (Å²) in [5, 5.41) is 9.98. The number of unbranched alkanes of at least 4 members (excludes halogenated alkanes) is 1. The van der Waals surface area contributed by atoms with E-state index in [0.717, 1.165) is 50.6 Å². The van der Waals surface area contributed by atoms with Gasteiger partial charge >= 0.3 is 6.03 Å². The van der Waals surface area contributed by atoms with Gasteiger partial charge in [0.2, 0.25) is 0 Å². The minimum absolute atomic E-state index is 0.0482. The molecule has 1 saturated heterocycles. The van der Waals surface area contributed by atoms with Crippen LogP contribution in [0, 0.1) is 0 Å². The number of aromatic nitrogens is 2. The molecule has 0 aliphatic carbocycles. The van der Waals surface area contributed by atoms with Gasteiger partial charge in [-0.15, -0.1) is 6.58 Å². The summed E-state index contributed by atoms with van der Waals surface area (Å²) in [5.74, 6) is 0. The van der Waals surface area contributed by atoms with E-state index in [1.807, 2.05) is 23.4 Å². The zero-order chi connectivity index (χ0) is 15.1. The summed E-state index contributed by atoms with van der Waals surface area (Å²) in [7, 11) is 0. The van der Waals surface area contributed by atoms with Gasteiger partial charge in [-0.1, -0.05) is 6.08 Å². The molecule has 2 atom stereocenters. The lowest BCUT2D eigenvalue weighted by atomic mass is 9.98. The number of likely N-dealkylation sites (tertiary alicyclic amines) is 1. The molecule has 2 heterocycles. The molecule has 21 heavy (non-hydrogen) atoms. The van der Waals surface area contributed by atoms with E-state index >= 15 is 0 Å². The molecule has 0 spiro atoms. The summed E-state index contributed by atoms with van der Waals surface area (Å²) < 4.78 is 0. The second-order valence-electron chi connectivity index (χ2n) is 5.81. The topological polar surface area (TPSA) is 61.0 Å². The molecular formula is C16H26N4O. The van der Waals surface area contributed by atoms with Crippen molar-refractivity contribution in [2.45, 2.75) is 57.5 Å². The number of urea groups is 1. The molecule has 0 saturated carbocycles. The van der Waals surface area contributed by atoms with E-state index < -0.39 is 0 Å². The van der Waals surface area contributed by atoms with Crippen LogP contribution in [0.1, 0.15) is 57.1 Å². The molecule has 2 amide bonds. The van der Waals surface area contributed by atoms with Crippen molar-refractivity contribution in [1.82, 2.24) is 20.4 Å². The van der Waals surface area contributed by atoms with E-state index in [1.54, 1.807) is 0 Å². The third-order valence-corrected chi connectivity index (χ3v) is 4.08. The highest BCUT2D eigenvalue weighted by molar-refractivity contribution is 5.75. The lowest BCUT2D eigenvalue weighted by Gasteiger charge is -2.36. The van der Waals surface area contributed by atoms with Crippen molar-refractivity contribution in [1.29, 1.82) is 0 Å². The molecular weight excluding hydrogens is 264 g/mol. The summed E-state index contributed by atoms with van der Waals surface area (Å²) in [6, 6.07) is 0.397. The van der Waals surface area contributed by atoms with Gasteiger partial charge in [0.05, 0.1) is 12.2 Å². The highest BCUT2D eigenvalue weighted by Crippen LogP contribution is 2.30. The van der Waals surface area contributed by atoms with Crippen molar-refractivity contribution in [3.05, 3.63) is 30.6 Å². The summed E-state index contributed by atoms with van der Waals surface area (Å²) in [4.78, 5) is 14.5. The van der Waals surface area contributed by atoms with Crippen LogP contribution in [-0.4, -0.2) is 33.7 Å². The highest BCUT2D eigenvalue weighted by Gasteiger charge is 2.28. The minimum Gasteiger partial charge on any atom is -0.336 e. The molecule has 0 bridgehead atoms. The summed E-state index contributed by atoms with van der Waals surface area (Å²) in [5.41, 5.74) is 1.10. The van der Waals surface area contributed by atoms with Crippen LogP contribution in [0.15, 0.2) is 25.0 Å². The quantitative estimate of drug-likeness (QED) is 0.623. The van der Waals surface area contributed by atoms with E-state index in [1.165, 1.54) is 0 Å². The fourth-order valence-electron chi connectivity index (χ4n) is 2.90. The number of hydrogen-bond donors (Lipinski definition) is 2. The maximum atomic E-state index is 12.5. The Morgan fingerprint density at radius 3 is 3.24 bits per heavy atom. The first-order chi connectivity index (χ1) is 10.2. The number of amides is 2. The molecule has 5 nitrogen and oxygen atoms in total. The lowest BCUT2D eigenvalue weighted by Crippen LogP contribution is -2.47. The molecule has 2 rings (SSSR count). The second kappa shape index (κ2) is 7.86. The molecule has 0 unspecified atom stereocenters. The van der Waals surface area contributed by atoms with Gasteiger partial charge < -0.3 is 10.2 Å². The number of nitrogens with one attached hydrogen (secondary N) is 2. The molecule has 2 N–H and O–H groups in total. The number of hydrogen-bond acceptors (Lipinski definition) is 2. The van der Waals surface area contributed by atoms with Crippen LogP contribution in [0.5, 0.6) is 0 Å². The summed E-state index contributed by atoms with van der Waals surface area (Å²) >= 11 is 0. The fourth-order valence-corrected chi connectivity index (χ4v) is 2.90. The summed E-state index contributed by atoms with van der Waals surface area (Å²) in [6.07, 6.45) is 11.9. The zero-order valence-corrected chi connectivity index (χ0v) is 12.8. The van der Waals surface area contributed by atoms with Crippen molar-refractivity contribution < 1.29 is 4.79 Å². The second-order valence-corrected chi connectivity index (χ2v) is 5.81. The van der Waals surface area contributed by atoms with Gasteiger partial charge in [0.15, 0.2) is 0 Å². The van der Waals surface area contributed by atoms with Crippen molar-refractivity contribution in [3.63, 3.8) is 0 Å². The lowest BCUT2D eigenvalue weighted by molar-refractivity contribution is 0.148. The molecule has 5 heteroatoms. The molecule has 0 aromatic carbocycles. The molecule has 1 fully saturated rings. The Hall–Kier alpha value is -1.78. The van der Waals surface area contributed by atoms with Gasteiger partial charge in [0, 0.05) is 24.3 Å². The average Bonchev–Trinajstić information content (AvgIpc) is 3.01. The number of H-pyrrole nitrogens is 1. The molecule has 1 aliphatic rings. The van der Waals surface area contributed by atoms with Crippen LogP contribution < -0.4 is 5.32 Å². The number of nitrogens with zero attached hydrogens (tertiary/aromatic N) is 2. The molecule has 1 aromatic rings. The van der Waals surface area contributed by atoms with Gasteiger partial charge in [-0.05, 0) is 45.4 Å². The van der Waals surface area contributed by atoms with Gasteiger partial charge in [-0.25, -0.2) is 4.79 Å². The smallest absolute Gasteiger partial charge is 0.318 e. The van der Waals surface area contributed by atoms with Gasteiger partial charge in [-0.2, -0.15) is 5.10 Å². The molecule has 1 aliphatic heterocycles. The third-order valence-electron chi connectivity index (χ3n) is 4.08. The Bertz CT molecular complexity index is 443. The van der Waals surface area contributed by atoms with Crippen LogP contribution in [0.2, 0.25) is 0 Å². The summed E-state index contributed by atoms with van der Waals surface area (Å²) in [6.45, 7) is 6.61. The Kier molecular flexibility index (Phi) is 5.84. The van der Waals surface area contributed by atoms with Crippen LogP contribution in [0.4, 0.5) is 4.79 Å². The standard InChI is InChI=1S/C16H26N4O/c1-3-4-5-8-13(2)19-16(21)20-10-7-6-9-15(20)14-11-17-18-12-14/h3,11-13,15H,1,4-10H2,2H3,(H,17,18)(H,19,21)/t13-,15-/m0/s1. The van der Waals surface area contributed by atoms with Crippen molar-refractivity contribution >= 4 is 6.03 Å². The Balaban J connectivity index is 1.91. The van der Waals surface area contributed by atoms with Gasteiger partial charge in [0.1, 0.15) is 0 Å². The van der Waals surface area contributed by atoms with Crippen molar-refractivity contribution in [3.8, 4) is 0 Å². The van der Waals surface area contributed by atoms with Gasteiger partial charge in [0.25, 0.3) is 0 Å². The number of rotatable bonds is 6. The normalized spacial score (nSPS) is 20.0. The Labute approximate surface area is 126 Å². The van der Waals surface area contributed by atoms with Crippen molar-refractivity contribution in [2.24, 2.45) is 0 Å². The zero-order valence-electron chi connectivity index (χ0n) is 12.8. The first-order valence-electron chi connectivity index (χ1n) is 7.89. The first-order valence-corrected chi connectivity index (χ1v) is 7.89. The molecule has 116 valence electrons. The third kappa shape index (κ3) is 4.34. The first kappa shape index (κ1) is 15.6. The molecule has 1 aromatic heterocycles. The highest BCUT2D eigenvalue weighted by atomic mass is 16.2. The largest absolute Gasteiger partial charge is 0.336 e. The average molecular weight is 290 g/mol. The van der Waals surface area contributed by atoms with E-state index in [9.17, 15) is 4.79 Å². The van der Waals surface area contributed by atoms with Crippen molar-refractivity contribution in [2.75, 3.05) is 6.54 Å². The van der Waals surface area contributed by atoms with Gasteiger partial charge in [-0.3, -0.25) is 5.10 Å². The van der Waals surface area contributed by atoms with Crippen LogP contribution in [-0.2, 0) is 0 Å². The number of piperidine rings is 1. The van der Waals surface area contributed by atoms with E-state index in [0.29, 0.717) is 0 Å². The molecule has 0 radical (unpaired) electrons. The predicted molar refractivity (Wildman–Crippen MR) is 83.9 cm³/mol. The van der Waals surface area contributed by atoms with Crippen LogP contribution >= 0.6 is 0 Å². The fraction of sp³-hybridized carbons (Fsp3) is 0.625. The van der Waals surface area contributed by atoms with E-state index in [-0.39, 0.29) is 18.1 Å². The SMILES string of the molecule is C=CCCC[C@H](C)NC(=O)N1CCCC[C@H]1c1cn[nH]c1. The van der Waals surface area contributed by atoms with E-state index in [2.05, 4.69) is 29.0 Å². The number of carbonyl (C=O) groups excluding carboxylic acids is 1. The number of carbonyl (C=O) groups is 1. The van der Waals surface area contributed by atoms with Crippen LogP contribution in [0.25, 0.3) is 0 Å². The number of allylic oxidation sites excluding steroid dienone is 1. The minimum atomic E-state index is 0.0482. The maximum absolute atomic E-state index is 12.5. The maximum Gasteiger partial charge on any atom is 0.318 e. The Morgan fingerprint density at radius 1 is 1.67 bits per heavy atom. The van der Waals surface area contributed by atoms with Crippen LogP contribution in [0.3, 0.4) is 0 Å². The van der Waals surface area contributed by atoms with E-state index in [4.69, 9.17) is 0 Å².